The van der Waals surface area contributed by atoms with Gasteiger partial charge in [-0.2, -0.15) is 0 Å². The van der Waals surface area contributed by atoms with E-state index >= 15 is 0 Å². The number of amides is 3. The van der Waals surface area contributed by atoms with Crippen LogP contribution in [-0.2, 0) is 4.79 Å². The standard InChI is InChI=1S/C17H23N3O2/c1-11(2)10-14(18)16(21)20-15(12(3)19(4)17(20)22)13-8-6-5-7-9-13/h5-9,12,14-15H,1,10,18H2,2-4H3/t12-,14-,15-/m0/s1. The Labute approximate surface area is 131 Å². The molecule has 1 aromatic carbocycles. The lowest BCUT2D eigenvalue weighted by Crippen LogP contribution is -2.46. The monoisotopic (exact) mass is 301 g/mol. The molecule has 1 aliphatic rings. The number of rotatable bonds is 4. The summed E-state index contributed by atoms with van der Waals surface area (Å²) in [6.45, 7) is 7.54. The number of urea groups is 1. The SMILES string of the molecule is C=C(C)C[C@H](N)C(=O)N1C(=O)N(C)[C@@H](C)[C@H]1c1ccccc1. The van der Waals surface area contributed by atoms with E-state index in [-0.39, 0.29) is 24.0 Å². The number of carbonyl (C=O) groups excluding carboxylic acids is 2. The van der Waals surface area contributed by atoms with Crippen LogP contribution in [0.3, 0.4) is 0 Å². The predicted molar refractivity (Wildman–Crippen MR) is 86.1 cm³/mol. The molecule has 22 heavy (non-hydrogen) atoms. The van der Waals surface area contributed by atoms with Gasteiger partial charge in [0.2, 0.25) is 5.91 Å². The lowest BCUT2D eigenvalue weighted by Gasteiger charge is -2.26. The summed E-state index contributed by atoms with van der Waals surface area (Å²) in [6, 6.07) is 8.11. The fourth-order valence-corrected chi connectivity index (χ4v) is 2.84. The van der Waals surface area contributed by atoms with Gasteiger partial charge in [-0.15, -0.1) is 6.58 Å². The normalized spacial score (nSPS) is 22.8. The molecular weight excluding hydrogens is 278 g/mol. The summed E-state index contributed by atoms with van der Waals surface area (Å²) in [7, 11) is 1.71. The molecule has 3 amide bonds. The highest BCUT2D eigenvalue weighted by Crippen LogP contribution is 2.34. The summed E-state index contributed by atoms with van der Waals surface area (Å²) < 4.78 is 0. The number of nitrogens with two attached hydrogens (primary N) is 1. The minimum atomic E-state index is -0.744. The Balaban J connectivity index is 2.35. The van der Waals surface area contributed by atoms with Crippen LogP contribution in [0.4, 0.5) is 4.79 Å². The molecule has 5 heteroatoms. The fourth-order valence-electron chi connectivity index (χ4n) is 2.84. The van der Waals surface area contributed by atoms with E-state index in [9.17, 15) is 9.59 Å². The molecule has 0 spiro atoms. The van der Waals surface area contributed by atoms with E-state index in [0.717, 1.165) is 11.1 Å². The minimum Gasteiger partial charge on any atom is -0.322 e. The van der Waals surface area contributed by atoms with Gasteiger partial charge in [0.15, 0.2) is 0 Å². The van der Waals surface area contributed by atoms with E-state index in [4.69, 9.17) is 5.73 Å². The Morgan fingerprint density at radius 1 is 1.36 bits per heavy atom. The smallest absolute Gasteiger partial charge is 0.322 e. The van der Waals surface area contributed by atoms with Crippen molar-refractivity contribution in [2.24, 2.45) is 5.73 Å². The second kappa shape index (κ2) is 6.32. The Morgan fingerprint density at radius 3 is 2.50 bits per heavy atom. The van der Waals surface area contributed by atoms with Gasteiger partial charge in [-0.1, -0.05) is 35.9 Å². The molecule has 0 saturated carbocycles. The fraction of sp³-hybridized carbons (Fsp3) is 0.412. The third-order valence-electron chi connectivity index (χ3n) is 4.12. The zero-order valence-corrected chi connectivity index (χ0v) is 13.3. The van der Waals surface area contributed by atoms with Crippen molar-refractivity contribution in [3.05, 3.63) is 48.0 Å². The van der Waals surface area contributed by atoms with Crippen LogP contribution in [0.5, 0.6) is 0 Å². The average Bonchev–Trinajstić information content (AvgIpc) is 2.71. The van der Waals surface area contributed by atoms with Crippen molar-refractivity contribution in [3.63, 3.8) is 0 Å². The third-order valence-corrected chi connectivity index (χ3v) is 4.12. The average molecular weight is 301 g/mol. The van der Waals surface area contributed by atoms with E-state index < -0.39 is 6.04 Å². The van der Waals surface area contributed by atoms with Crippen LogP contribution >= 0.6 is 0 Å². The van der Waals surface area contributed by atoms with Crippen LogP contribution in [0.1, 0.15) is 31.9 Å². The van der Waals surface area contributed by atoms with Gasteiger partial charge in [-0.3, -0.25) is 9.69 Å². The van der Waals surface area contributed by atoms with Gasteiger partial charge < -0.3 is 10.6 Å². The molecule has 1 heterocycles. The molecule has 1 aromatic rings. The molecule has 0 bridgehead atoms. The Morgan fingerprint density at radius 2 is 1.95 bits per heavy atom. The first kappa shape index (κ1) is 16.2. The van der Waals surface area contributed by atoms with Crippen LogP contribution in [0.2, 0.25) is 0 Å². The van der Waals surface area contributed by atoms with E-state index in [0.29, 0.717) is 6.42 Å². The quantitative estimate of drug-likeness (QED) is 0.868. The molecule has 0 aliphatic carbocycles. The van der Waals surface area contributed by atoms with Crippen molar-refractivity contribution in [2.75, 3.05) is 7.05 Å². The number of hydrogen-bond donors (Lipinski definition) is 1. The van der Waals surface area contributed by atoms with Crippen molar-refractivity contribution >= 4 is 11.9 Å². The number of benzene rings is 1. The summed E-state index contributed by atoms with van der Waals surface area (Å²) in [5, 5.41) is 0. The van der Waals surface area contributed by atoms with E-state index in [1.807, 2.05) is 44.2 Å². The third kappa shape index (κ3) is 2.90. The molecule has 3 atom stereocenters. The highest BCUT2D eigenvalue weighted by Gasteiger charge is 2.46. The lowest BCUT2D eigenvalue weighted by molar-refractivity contribution is -0.130. The first-order chi connectivity index (χ1) is 10.3. The van der Waals surface area contributed by atoms with Gasteiger partial charge in [0.1, 0.15) is 0 Å². The molecular formula is C17H23N3O2. The molecule has 0 radical (unpaired) electrons. The maximum absolute atomic E-state index is 12.7. The van der Waals surface area contributed by atoms with Crippen molar-refractivity contribution < 1.29 is 9.59 Å². The molecule has 2 rings (SSSR count). The van der Waals surface area contributed by atoms with Gasteiger partial charge in [0.25, 0.3) is 0 Å². The van der Waals surface area contributed by atoms with Crippen LogP contribution in [-0.4, -0.2) is 40.9 Å². The number of imide groups is 1. The van der Waals surface area contributed by atoms with Gasteiger partial charge >= 0.3 is 6.03 Å². The maximum Gasteiger partial charge on any atom is 0.327 e. The first-order valence-corrected chi connectivity index (χ1v) is 7.39. The van der Waals surface area contributed by atoms with E-state index in [1.165, 1.54) is 4.90 Å². The Bertz CT molecular complexity index is 585. The van der Waals surface area contributed by atoms with Crippen LogP contribution in [0.15, 0.2) is 42.5 Å². The summed E-state index contributed by atoms with van der Waals surface area (Å²) in [5.74, 6) is -0.349. The molecule has 1 saturated heterocycles. The highest BCUT2D eigenvalue weighted by molar-refractivity contribution is 5.99. The molecule has 0 aromatic heterocycles. The van der Waals surface area contributed by atoms with Crippen molar-refractivity contribution in [3.8, 4) is 0 Å². The summed E-state index contributed by atoms with van der Waals surface area (Å²) in [5.41, 5.74) is 7.73. The zero-order chi connectivity index (χ0) is 16.4. The lowest BCUT2D eigenvalue weighted by atomic mass is 9.99. The molecule has 0 unspecified atom stereocenters. The van der Waals surface area contributed by atoms with Crippen molar-refractivity contribution in [1.82, 2.24) is 9.80 Å². The molecule has 2 N–H and O–H groups in total. The number of hydrogen-bond acceptors (Lipinski definition) is 3. The number of likely N-dealkylation sites (N-methyl/N-ethyl adjacent to an activating group) is 1. The topological polar surface area (TPSA) is 66.6 Å². The van der Waals surface area contributed by atoms with Crippen LogP contribution in [0, 0.1) is 0 Å². The summed E-state index contributed by atoms with van der Waals surface area (Å²) >= 11 is 0. The van der Waals surface area contributed by atoms with Gasteiger partial charge in [-0.25, -0.2) is 4.79 Å². The maximum atomic E-state index is 12.7. The first-order valence-electron chi connectivity index (χ1n) is 7.39. The second-order valence-electron chi connectivity index (χ2n) is 5.97. The van der Waals surface area contributed by atoms with E-state index in [1.54, 1.807) is 11.9 Å². The van der Waals surface area contributed by atoms with E-state index in [2.05, 4.69) is 6.58 Å². The largest absolute Gasteiger partial charge is 0.327 e. The van der Waals surface area contributed by atoms with Crippen LogP contribution < -0.4 is 5.73 Å². The number of carbonyl (C=O) groups is 2. The van der Waals surface area contributed by atoms with Crippen LogP contribution in [0.25, 0.3) is 0 Å². The minimum absolute atomic E-state index is 0.101. The Hall–Kier alpha value is -2.14. The highest BCUT2D eigenvalue weighted by atomic mass is 16.2. The van der Waals surface area contributed by atoms with Gasteiger partial charge in [0, 0.05) is 7.05 Å². The second-order valence-corrected chi connectivity index (χ2v) is 5.97. The summed E-state index contributed by atoms with van der Waals surface area (Å²) in [4.78, 5) is 28.0. The van der Waals surface area contributed by atoms with Gasteiger partial charge in [0.05, 0.1) is 18.1 Å². The Kier molecular flexibility index (Phi) is 4.66. The zero-order valence-electron chi connectivity index (χ0n) is 13.3. The number of nitrogens with zero attached hydrogens (tertiary/aromatic N) is 2. The van der Waals surface area contributed by atoms with Crippen molar-refractivity contribution in [1.29, 1.82) is 0 Å². The summed E-state index contributed by atoms with van der Waals surface area (Å²) in [6.07, 6.45) is 0.377. The molecule has 5 nitrogen and oxygen atoms in total. The molecule has 1 aliphatic heterocycles. The predicted octanol–water partition coefficient (Wildman–Crippen LogP) is 2.30. The molecule has 1 fully saturated rings. The molecule has 118 valence electrons. The van der Waals surface area contributed by atoms with Crippen molar-refractivity contribution in [2.45, 2.75) is 38.4 Å². The van der Waals surface area contributed by atoms with Gasteiger partial charge in [-0.05, 0) is 25.8 Å².